The minimum Gasteiger partial charge on any atom is -0.400 e. The molecule has 4 aliphatic carbocycles. The highest BCUT2D eigenvalue weighted by molar-refractivity contribution is 8.13. The number of rotatable bonds is 20. The van der Waals surface area contributed by atoms with E-state index in [1.54, 1.807) is 15.5 Å². The van der Waals surface area contributed by atoms with E-state index in [9.17, 15) is 30.4 Å². The second-order valence-corrected chi connectivity index (χ2v) is 32.8. The lowest BCUT2D eigenvalue weighted by Gasteiger charge is -2.60. The Kier molecular flexibility index (Phi) is 24.7. The smallest absolute Gasteiger partial charge is 0.232 e. The van der Waals surface area contributed by atoms with Crippen molar-refractivity contribution in [2.24, 2.45) is 21.7 Å². The highest BCUT2D eigenvalue weighted by Gasteiger charge is 2.57. The van der Waals surface area contributed by atoms with Crippen molar-refractivity contribution in [1.82, 2.24) is 18.8 Å². The number of halogens is 1. The summed E-state index contributed by atoms with van der Waals surface area (Å²) in [5.41, 5.74) is 7.98. The molecule has 0 atom stereocenters. The van der Waals surface area contributed by atoms with Gasteiger partial charge < -0.3 is 29.7 Å². The average Bonchev–Trinajstić information content (AvgIpc) is 0.809. The number of benzene rings is 5. The van der Waals surface area contributed by atoms with Gasteiger partial charge in [0.2, 0.25) is 29.1 Å². The molecule has 15 nitrogen and oxygen atoms in total. The number of nitrogens with one attached hydrogen (secondary N) is 1. The van der Waals surface area contributed by atoms with Gasteiger partial charge in [-0.15, -0.1) is 0 Å². The van der Waals surface area contributed by atoms with E-state index < -0.39 is 29.1 Å². The monoisotopic (exact) mass is 1270 g/mol. The van der Waals surface area contributed by atoms with Gasteiger partial charge in [-0.25, -0.2) is 33.9 Å². The molecular weight excluding hydrogens is 1180 g/mol. The van der Waals surface area contributed by atoms with Gasteiger partial charge in [0.1, 0.15) is 0 Å². The van der Waals surface area contributed by atoms with E-state index in [0.29, 0.717) is 87.2 Å². The van der Waals surface area contributed by atoms with Crippen molar-refractivity contribution in [3.63, 3.8) is 0 Å². The number of ether oxygens (including phenoxy) is 3. The number of hydrogen-bond acceptors (Lipinski definition) is 13. The topological polar surface area (TPSA) is 192 Å². The van der Waals surface area contributed by atoms with E-state index in [-0.39, 0.29) is 34.2 Å². The second-order valence-electron chi connectivity index (χ2n) is 25.7. The highest BCUT2D eigenvalue weighted by atomic mass is 35.7. The van der Waals surface area contributed by atoms with Crippen LogP contribution in [0.4, 0.5) is 0 Å². The van der Waals surface area contributed by atoms with Gasteiger partial charge in [0.15, 0.2) is 0 Å². The first-order valence-electron chi connectivity index (χ1n) is 31.3. The van der Waals surface area contributed by atoms with E-state index in [1.807, 2.05) is 38.1 Å². The van der Waals surface area contributed by atoms with Crippen molar-refractivity contribution in [2.45, 2.75) is 142 Å². The Morgan fingerprint density at radius 2 is 0.759 bits per heavy atom. The molecule has 0 aromatic heterocycles. The van der Waals surface area contributed by atoms with Crippen LogP contribution in [-0.4, -0.2) is 150 Å². The summed E-state index contributed by atoms with van der Waals surface area (Å²) in [4.78, 5) is 2.64. The lowest BCUT2D eigenvalue weighted by molar-refractivity contribution is -0.162. The number of hydrogen-bond donors (Lipinski definition) is 3. The zero-order valence-corrected chi connectivity index (χ0v) is 54.7. The highest BCUT2D eigenvalue weighted by Crippen LogP contribution is 2.54. The standard InChI is InChI=1S/C26H27NO.C16H23NO3S.C13H17NO.C9H17NO3S.C3H7ClO2S.CH4O/c1-4-10-21(11-5-1)18-28-24-16-26(17-24)19-27(20-26)25(22-12-6-2-7-13-22)23-14-8-3-9-15-23;1-2-8-21(18,19)17-12-16(13-17)9-15(10-16)20-11-14-6-4-3-5-7-14;1-2-4-11(5-3-1)8-15-12-6-13(7-12)9-14-10-13;1-2-3-14(12,13)10-6-9(7-10)4-8(11)5-9;1-2-3-7(4,5)6;1-2/h1-15,24-25H,16-20H2;3-7,15H,2,8-13H2,1H3;1-5,12,14H,6-10H2;8,11H,2-7H2,1H3;2-3H2,1H3;2H,1H3. The second kappa shape index (κ2) is 31.3. The Morgan fingerprint density at radius 1 is 0.460 bits per heavy atom. The van der Waals surface area contributed by atoms with E-state index in [0.717, 1.165) is 46.0 Å². The Balaban J connectivity index is 0.000000148. The fourth-order valence-electron chi connectivity index (χ4n) is 13.6. The molecule has 8 aliphatic rings. The number of aliphatic hydroxyl groups is 2. The molecule has 478 valence electrons. The molecule has 4 saturated heterocycles. The summed E-state index contributed by atoms with van der Waals surface area (Å²) in [6, 6.07) is 53.3. The van der Waals surface area contributed by atoms with Gasteiger partial charge in [-0.05, 0) is 98.4 Å². The zero-order valence-electron chi connectivity index (χ0n) is 51.5. The number of aliphatic hydroxyl groups excluding tert-OH is 2. The predicted octanol–water partition coefficient (Wildman–Crippen LogP) is 10.6. The first kappa shape index (κ1) is 68.8. The third kappa shape index (κ3) is 19.2. The van der Waals surface area contributed by atoms with Crippen LogP contribution in [0.25, 0.3) is 0 Å². The number of sulfonamides is 2. The molecule has 4 saturated carbocycles. The molecule has 0 bridgehead atoms. The van der Waals surface area contributed by atoms with Gasteiger partial charge >= 0.3 is 0 Å². The van der Waals surface area contributed by atoms with Crippen molar-refractivity contribution in [3.05, 3.63) is 179 Å². The fourth-order valence-corrected chi connectivity index (χ4v) is 18.0. The molecule has 4 heterocycles. The van der Waals surface area contributed by atoms with Gasteiger partial charge in [0.25, 0.3) is 0 Å². The van der Waals surface area contributed by atoms with Crippen LogP contribution in [0.1, 0.15) is 125 Å². The molecule has 0 radical (unpaired) electrons. The van der Waals surface area contributed by atoms with Crippen molar-refractivity contribution in [1.29, 1.82) is 0 Å². The van der Waals surface area contributed by atoms with Crippen LogP contribution in [0, 0.1) is 21.7 Å². The van der Waals surface area contributed by atoms with Crippen LogP contribution < -0.4 is 5.32 Å². The summed E-state index contributed by atoms with van der Waals surface area (Å²) in [6.07, 6.45) is 11.5. The fraction of sp³-hybridized carbons (Fsp3) is 0.559. The summed E-state index contributed by atoms with van der Waals surface area (Å²) < 4.78 is 88.1. The van der Waals surface area contributed by atoms with Gasteiger partial charge in [0, 0.05) is 91.8 Å². The SMILES string of the molecule is CCCS(=O)(=O)Cl.CCCS(=O)(=O)N1CC2(CC(O)C2)C1.CCCS(=O)(=O)N1CC2(CC(OCc3ccccc3)C2)C1.CO.c1ccc(COC2CC3(C2)CN(C(c2ccccc2)c2ccccc2)C3)cc1.c1ccc(COC2CC3(CNC3)C2)cc1. The largest absolute Gasteiger partial charge is 0.400 e. The maximum atomic E-state index is 11.9. The average molecular weight is 1280 g/mol. The minimum atomic E-state index is -3.20. The first-order valence-corrected chi connectivity index (χ1v) is 37.0. The van der Waals surface area contributed by atoms with Crippen molar-refractivity contribution < 1.29 is 49.7 Å². The molecule has 87 heavy (non-hydrogen) atoms. The molecule has 0 unspecified atom stereocenters. The third-order valence-corrected chi connectivity index (χ3v) is 23.5. The molecule has 19 heteroatoms. The zero-order chi connectivity index (χ0) is 62.2. The molecule has 8 fully saturated rings. The van der Waals surface area contributed by atoms with Gasteiger partial charge in [0.05, 0.1) is 67.5 Å². The summed E-state index contributed by atoms with van der Waals surface area (Å²) in [5, 5.41) is 19.5. The molecule has 3 N–H and O–H groups in total. The molecule has 4 aliphatic heterocycles. The predicted molar refractivity (Wildman–Crippen MR) is 346 cm³/mol. The van der Waals surface area contributed by atoms with Gasteiger partial charge in [-0.3, -0.25) is 4.90 Å². The van der Waals surface area contributed by atoms with E-state index in [2.05, 4.69) is 138 Å². The lowest BCUT2D eigenvalue weighted by atomic mass is 9.61. The summed E-state index contributed by atoms with van der Waals surface area (Å²) >= 11 is 0. The van der Waals surface area contributed by atoms with Crippen LogP contribution in [0.3, 0.4) is 0 Å². The molecule has 5 aromatic rings. The van der Waals surface area contributed by atoms with E-state index in [4.69, 9.17) is 30.0 Å². The quantitative estimate of drug-likeness (QED) is 0.0624. The minimum absolute atomic E-state index is 0.0779. The van der Waals surface area contributed by atoms with Gasteiger partial charge in [-0.1, -0.05) is 172 Å². The summed E-state index contributed by atoms with van der Waals surface area (Å²) in [7, 11) is -3.38. The Labute approximate surface area is 524 Å². The van der Waals surface area contributed by atoms with Gasteiger partial charge in [-0.2, -0.15) is 0 Å². The number of nitrogens with zero attached hydrogens (tertiary/aromatic N) is 3. The molecule has 4 spiro atoms. The van der Waals surface area contributed by atoms with Crippen molar-refractivity contribution >= 4 is 39.8 Å². The third-order valence-electron chi connectivity index (χ3n) is 18.2. The Morgan fingerprint density at radius 3 is 1.03 bits per heavy atom. The van der Waals surface area contributed by atoms with E-state index >= 15 is 0 Å². The summed E-state index contributed by atoms with van der Waals surface area (Å²) in [6.45, 7) is 15.1. The van der Waals surface area contributed by atoms with Crippen LogP contribution >= 0.6 is 10.7 Å². The maximum absolute atomic E-state index is 11.9. The van der Waals surface area contributed by atoms with Crippen molar-refractivity contribution in [3.8, 4) is 0 Å². The lowest BCUT2D eigenvalue weighted by Crippen LogP contribution is -2.65. The molecular formula is C68H95ClN4O11S3. The molecule has 13 rings (SSSR count). The first-order chi connectivity index (χ1) is 41.7. The molecule has 0 amide bonds. The van der Waals surface area contributed by atoms with Crippen molar-refractivity contribution in [2.75, 3.05) is 76.7 Å². The van der Waals surface area contributed by atoms with E-state index in [1.165, 1.54) is 79.7 Å². The normalized spacial score (nSPS) is 22.0. The Hall–Kier alpha value is -4.12. The molecule has 5 aromatic carbocycles. The summed E-state index contributed by atoms with van der Waals surface area (Å²) in [5.74, 6) is 0.608. The van der Waals surface area contributed by atoms with Crippen LogP contribution in [0.5, 0.6) is 0 Å². The van der Waals surface area contributed by atoms with Crippen LogP contribution in [0.15, 0.2) is 152 Å². The maximum Gasteiger partial charge on any atom is 0.232 e. The van der Waals surface area contributed by atoms with Crippen LogP contribution in [-0.2, 0) is 63.1 Å². The Bertz CT molecular complexity index is 3120. The number of likely N-dealkylation sites (tertiary alicyclic amines) is 1. The van der Waals surface area contributed by atoms with Crippen LogP contribution in [0.2, 0.25) is 0 Å².